The molecule has 0 aliphatic carbocycles. The molecule has 5 heteroatoms. The van der Waals surface area contributed by atoms with Crippen molar-refractivity contribution < 1.29 is 0 Å². The van der Waals surface area contributed by atoms with Gasteiger partial charge in [0.25, 0.3) is 0 Å². The predicted octanol–water partition coefficient (Wildman–Crippen LogP) is 13.4. The average Bonchev–Trinajstić information content (AvgIpc) is 3.66. The summed E-state index contributed by atoms with van der Waals surface area (Å²) in [4.78, 5) is 8.55. The fourth-order valence-electron chi connectivity index (χ4n) is 6.32. The first-order valence-electron chi connectivity index (χ1n) is 18.8. The minimum atomic E-state index is 0.311. The number of nitrogens with one attached hydrogen (secondary N) is 1. The highest BCUT2D eigenvalue weighted by Gasteiger charge is 2.15. The first-order valence-corrected chi connectivity index (χ1v) is 19.7. The van der Waals surface area contributed by atoms with Crippen LogP contribution in [-0.2, 0) is 6.42 Å². The molecule has 0 spiro atoms. The van der Waals surface area contributed by atoms with E-state index in [4.69, 9.17) is 11.1 Å². The number of amidine groups is 1. The van der Waals surface area contributed by atoms with E-state index in [9.17, 15) is 0 Å². The number of fused-ring (bicyclic) bond motifs is 3. The lowest BCUT2D eigenvalue weighted by atomic mass is 9.95. The Morgan fingerprint density at radius 2 is 1.19 bits per heavy atom. The molecule has 4 nitrogen and oxygen atoms in total. The number of thiophene rings is 1. The van der Waals surface area contributed by atoms with Crippen LogP contribution in [0.1, 0.15) is 22.3 Å². The lowest BCUT2D eigenvalue weighted by Crippen LogP contribution is -2.13. The van der Waals surface area contributed by atoms with Crippen LogP contribution in [-0.4, -0.2) is 18.8 Å². The van der Waals surface area contributed by atoms with Gasteiger partial charge in [0.15, 0.2) is 5.82 Å². The summed E-state index contributed by atoms with van der Waals surface area (Å²) >= 11 is 1.83. The second-order valence-electron chi connectivity index (χ2n) is 13.4. The Morgan fingerprint density at radius 1 is 0.649 bits per heavy atom. The van der Waals surface area contributed by atoms with Crippen LogP contribution < -0.4 is 5.73 Å². The standard InChI is InChI=1S/C38H30N4S.2C7H8/c1-41-38(42-37(40)29-16-9-4-10-17-29)31(25-39)19-11-18-28-20-22-32(27-14-7-3-8-15-27)36-35(28)33-24-30(21-23-34(33)43-36)26-12-5-2-6-13-26;2*1-7-5-3-2-4-6-7/h2-17,19-25,39H,1,18H2,(H2,40,42);2*2-6H,1H3/b19-11-,38-31-,39-25?;;. The zero-order chi connectivity index (χ0) is 39.8. The molecule has 0 bridgehead atoms. The molecule has 3 N–H and O–H groups in total. The molecule has 0 saturated carbocycles. The van der Waals surface area contributed by atoms with E-state index in [1.807, 2.05) is 90.2 Å². The minimum Gasteiger partial charge on any atom is -0.383 e. The monoisotopic (exact) mass is 758 g/mol. The summed E-state index contributed by atoms with van der Waals surface area (Å²) in [5.41, 5.74) is 16.2. The van der Waals surface area contributed by atoms with Gasteiger partial charge < -0.3 is 11.1 Å². The van der Waals surface area contributed by atoms with Gasteiger partial charge in [-0.05, 0) is 66.9 Å². The first-order chi connectivity index (χ1) is 27.9. The molecule has 1 aromatic heterocycles. The number of aliphatic imine (C=N–C) groups is 2. The summed E-state index contributed by atoms with van der Waals surface area (Å²) < 4.78 is 2.53. The van der Waals surface area contributed by atoms with Gasteiger partial charge in [0, 0.05) is 37.5 Å². The molecule has 57 heavy (non-hydrogen) atoms. The van der Waals surface area contributed by atoms with Crippen molar-refractivity contribution in [3.63, 3.8) is 0 Å². The smallest absolute Gasteiger partial charge is 0.162 e. The first kappa shape index (κ1) is 39.7. The summed E-state index contributed by atoms with van der Waals surface area (Å²) in [5, 5.41) is 10.5. The summed E-state index contributed by atoms with van der Waals surface area (Å²) in [7, 11) is 0. The summed E-state index contributed by atoms with van der Waals surface area (Å²) in [6.45, 7) is 7.84. The highest BCUT2D eigenvalue weighted by Crippen LogP contribution is 2.43. The minimum absolute atomic E-state index is 0.311. The van der Waals surface area contributed by atoms with Crippen LogP contribution in [0.2, 0.25) is 0 Å². The number of rotatable bonds is 9. The number of hydrogen-bond donors (Lipinski definition) is 2. The number of aryl methyl sites for hydroxylation is 2. The highest BCUT2D eigenvalue weighted by molar-refractivity contribution is 7.26. The van der Waals surface area contributed by atoms with Crippen LogP contribution in [0, 0.1) is 19.3 Å². The van der Waals surface area contributed by atoms with Crippen molar-refractivity contribution in [1.82, 2.24) is 0 Å². The van der Waals surface area contributed by atoms with E-state index in [2.05, 4.69) is 146 Å². The van der Waals surface area contributed by atoms with Crippen LogP contribution in [0.25, 0.3) is 42.4 Å². The predicted molar refractivity (Wildman–Crippen MR) is 248 cm³/mol. The lowest BCUT2D eigenvalue weighted by Gasteiger charge is -2.08. The van der Waals surface area contributed by atoms with Crippen molar-refractivity contribution in [1.29, 1.82) is 5.41 Å². The molecule has 1 heterocycles. The van der Waals surface area contributed by atoms with E-state index in [1.165, 1.54) is 65.3 Å². The maximum absolute atomic E-state index is 8.04. The Kier molecular flexibility index (Phi) is 14.0. The molecule has 0 amide bonds. The summed E-state index contributed by atoms with van der Waals surface area (Å²) in [6.07, 6.45) is 5.84. The molecule has 0 aliphatic heterocycles. The maximum atomic E-state index is 8.04. The third-order valence-electron chi connectivity index (χ3n) is 9.27. The average molecular weight is 759 g/mol. The molecule has 280 valence electrons. The maximum Gasteiger partial charge on any atom is 0.162 e. The molecule has 0 saturated heterocycles. The van der Waals surface area contributed by atoms with Crippen LogP contribution in [0.15, 0.2) is 216 Å². The Bertz CT molecular complexity index is 2590. The van der Waals surface area contributed by atoms with Gasteiger partial charge in [-0.15, -0.1) is 11.3 Å². The molecule has 8 rings (SSSR count). The highest BCUT2D eigenvalue weighted by atomic mass is 32.1. The number of benzene rings is 7. The van der Waals surface area contributed by atoms with Crippen LogP contribution in [0.3, 0.4) is 0 Å². The van der Waals surface area contributed by atoms with E-state index < -0.39 is 0 Å². The zero-order valence-corrected chi connectivity index (χ0v) is 33.2. The Hall–Kier alpha value is -6.95. The molecule has 0 unspecified atom stereocenters. The number of hydrogen-bond acceptors (Lipinski definition) is 4. The van der Waals surface area contributed by atoms with E-state index in [-0.39, 0.29) is 0 Å². The lowest BCUT2D eigenvalue weighted by molar-refractivity contribution is 1.21. The Balaban J connectivity index is 0.000000328. The van der Waals surface area contributed by atoms with Gasteiger partial charge >= 0.3 is 0 Å². The number of nitrogens with two attached hydrogens (primary N) is 1. The van der Waals surface area contributed by atoms with Gasteiger partial charge in [-0.3, -0.25) is 0 Å². The second kappa shape index (κ2) is 20.1. The van der Waals surface area contributed by atoms with Gasteiger partial charge in [-0.2, -0.15) is 0 Å². The van der Waals surface area contributed by atoms with Crippen molar-refractivity contribution >= 4 is 50.3 Å². The van der Waals surface area contributed by atoms with E-state index in [0.29, 0.717) is 23.7 Å². The van der Waals surface area contributed by atoms with Crippen LogP contribution >= 0.6 is 11.3 Å². The van der Waals surface area contributed by atoms with Gasteiger partial charge in [-0.1, -0.05) is 193 Å². The number of allylic oxidation sites excluding steroid dienone is 3. The zero-order valence-electron chi connectivity index (χ0n) is 32.3. The molecule has 0 radical (unpaired) electrons. The SMILES string of the molecule is C=NC(/N=C(\N)c1ccccc1)=C(C=N)\C=C/Cc1ccc(-c2ccccc2)c2sc3ccc(-c4ccccc4)cc3c12.Cc1ccccc1.Cc1ccccc1. The van der Waals surface area contributed by atoms with Crippen molar-refractivity contribution in [2.45, 2.75) is 20.3 Å². The van der Waals surface area contributed by atoms with Gasteiger partial charge in [0.1, 0.15) is 5.84 Å². The molecule has 7 aromatic carbocycles. The van der Waals surface area contributed by atoms with Crippen LogP contribution in [0.4, 0.5) is 0 Å². The van der Waals surface area contributed by atoms with E-state index in [1.54, 1.807) is 0 Å². The number of nitrogens with zero attached hydrogens (tertiary/aromatic N) is 2. The van der Waals surface area contributed by atoms with E-state index >= 15 is 0 Å². The fourth-order valence-corrected chi connectivity index (χ4v) is 7.59. The van der Waals surface area contributed by atoms with Gasteiger partial charge in [0.05, 0.1) is 0 Å². The quantitative estimate of drug-likeness (QED) is 0.0858. The van der Waals surface area contributed by atoms with E-state index in [0.717, 1.165) is 5.56 Å². The Morgan fingerprint density at radius 3 is 1.72 bits per heavy atom. The van der Waals surface area contributed by atoms with Crippen molar-refractivity contribution in [2.24, 2.45) is 15.7 Å². The molecular weight excluding hydrogens is 713 g/mol. The third kappa shape index (κ3) is 10.6. The topological polar surface area (TPSA) is 74.6 Å². The van der Waals surface area contributed by atoms with Crippen LogP contribution in [0.5, 0.6) is 0 Å². The second-order valence-corrected chi connectivity index (χ2v) is 14.4. The summed E-state index contributed by atoms with van der Waals surface area (Å²) in [6, 6.07) is 62.3. The molecule has 0 aliphatic rings. The normalized spacial score (nSPS) is 11.6. The van der Waals surface area contributed by atoms with Gasteiger partial charge in [0.2, 0.25) is 0 Å². The van der Waals surface area contributed by atoms with Crippen molar-refractivity contribution in [2.75, 3.05) is 0 Å². The molecule has 8 aromatic rings. The third-order valence-corrected chi connectivity index (χ3v) is 10.5. The van der Waals surface area contributed by atoms with Gasteiger partial charge in [-0.25, -0.2) is 9.98 Å². The Labute approximate surface area is 340 Å². The van der Waals surface area contributed by atoms with Crippen molar-refractivity contribution in [3.05, 3.63) is 228 Å². The summed E-state index contributed by atoms with van der Waals surface area (Å²) in [5.74, 6) is 0.638. The largest absolute Gasteiger partial charge is 0.383 e. The molecular formula is C52H46N4S. The fraction of sp³-hybridized carbons (Fsp3) is 0.0577. The molecule has 0 fully saturated rings. The van der Waals surface area contributed by atoms with Crippen molar-refractivity contribution in [3.8, 4) is 22.3 Å². The molecule has 0 atom stereocenters.